The predicted octanol–water partition coefficient (Wildman–Crippen LogP) is 5.12. The molecule has 6 heteroatoms. The van der Waals surface area contributed by atoms with Crippen molar-refractivity contribution in [3.8, 4) is 16.9 Å². The Bertz CT molecular complexity index is 1230. The van der Waals surface area contributed by atoms with E-state index in [2.05, 4.69) is 10.1 Å². The lowest BCUT2D eigenvalue weighted by Crippen LogP contribution is -2.20. The molecule has 1 aliphatic carbocycles. The maximum absolute atomic E-state index is 12.4. The highest BCUT2D eigenvalue weighted by Crippen LogP contribution is 2.39. The SMILES string of the molecule is NC(=O)c1nc2ccnn2c(C2CCCCC2)c1-c1ccc(OCc2ccccc2)cc1. The van der Waals surface area contributed by atoms with Crippen molar-refractivity contribution in [2.75, 3.05) is 0 Å². The van der Waals surface area contributed by atoms with Crippen molar-refractivity contribution in [2.45, 2.75) is 44.6 Å². The summed E-state index contributed by atoms with van der Waals surface area (Å²) < 4.78 is 7.83. The molecular weight excluding hydrogens is 400 g/mol. The second-order valence-corrected chi connectivity index (χ2v) is 8.32. The first kappa shape index (κ1) is 20.2. The fourth-order valence-corrected chi connectivity index (χ4v) is 4.64. The molecule has 5 rings (SSSR count). The molecule has 2 heterocycles. The van der Waals surface area contributed by atoms with Gasteiger partial charge in [0, 0.05) is 17.5 Å². The molecule has 0 aliphatic heterocycles. The summed E-state index contributed by atoms with van der Waals surface area (Å²) in [5, 5.41) is 4.54. The zero-order chi connectivity index (χ0) is 21.9. The molecule has 0 radical (unpaired) electrons. The van der Waals surface area contributed by atoms with Crippen molar-refractivity contribution in [1.82, 2.24) is 14.6 Å². The monoisotopic (exact) mass is 426 g/mol. The molecular formula is C26H26N4O2. The molecule has 1 saturated carbocycles. The Balaban J connectivity index is 1.55. The van der Waals surface area contributed by atoms with Crippen LogP contribution >= 0.6 is 0 Å². The number of ether oxygens (including phenoxy) is 1. The molecule has 162 valence electrons. The Kier molecular flexibility index (Phi) is 5.58. The highest BCUT2D eigenvalue weighted by Gasteiger charge is 2.27. The van der Waals surface area contributed by atoms with E-state index >= 15 is 0 Å². The number of nitrogens with zero attached hydrogens (tertiary/aromatic N) is 3. The molecule has 0 bridgehead atoms. The summed E-state index contributed by atoms with van der Waals surface area (Å²) in [6, 6.07) is 19.7. The Morgan fingerprint density at radius 1 is 1.00 bits per heavy atom. The van der Waals surface area contributed by atoms with Gasteiger partial charge in [-0.25, -0.2) is 9.50 Å². The zero-order valence-electron chi connectivity index (χ0n) is 17.9. The number of fused-ring (bicyclic) bond motifs is 1. The standard InChI is InChI=1S/C26H26N4O2/c27-26(31)24-23(19-11-13-21(14-12-19)32-17-18-7-3-1-4-8-18)25(20-9-5-2-6-10-20)30-22(29-24)15-16-28-30/h1,3-4,7-8,11-16,20H,2,5-6,9-10,17H2,(H2,27,31). The molecule has 2 N–H and O–H groups in total. The van der Waals surface area contributed by atoms with Gasteiger partial charge in [-0.3, -0.25) is 4.79 Å². The topological polar surface area (TPSA) is 82.5 Å². The van der Waals surface area contributed by atoms with E-state index in [1.165, 1.54) is 19.3 Å². The average Bonchev–Trinajstić information content (AvgIpc) is 3.31. The largest absolute Gasteiger partial charge is 0.489 e. The maximum atomic E-state index is 12.4. The molecule has 0 spiro atoms. The van der Waals surface area contributed by atoms with Crippen LogP contribution in [0.1, 0.15) is 59.8 Å². The first-order chi connectivity index (χ1) is 15.7. The third-order valence-electron chi connectivity index (χ3n) is 6.19. The second kappa shape index (κ2) is 8.83. The number of benzene rings is 2. The van der Waals surface area contributed by atoms with Crippen LogP contribution in [0.15, 0.2) is 66.9 Å². The maximum Gasteiger partial charge on any atom is 0.268 e. The van der Waals surface area contributed by atoms with Gasteiger partial charge in [0.05, 0.1) is 11.9 Å². The molecule has 1 fully saturated rings. The molecule has 2 aromatic carbocycles. The van der Waals surface area contributed by atoms with Gasteiger partial charge in [-0.05, 0) is 36.1 Å². The number of carbonyl (C=O) groups excluding carboxylic acids is 1. The van der Waals surface area contributed by atoms with E-state index in [0.29, 0.717) is 23.9 Å². The van der Waals surface area contributed by atoms with E-state index in [1.807, 2.05) is 65.2 Å². The molecule has 0 unspecified atom stereocenters. The summed E-state index contributed by atoms with van der Waals surface area (Å²) in [6.45, 7) is 0.501. The molecule has 2 aromatic heterocycles. The van der Waals surface area contributed by atoms with E-state index in [1.54, 1.807) is 6.20 Å². The Hall–Kier alpha value is -3.67. The van der Waals surface area contributed by atoms with Crippen molar-refractivity contribution < 1.29 is 9.53 Å². The number of aromatic nitrogens is 3. The molecule has 0 saturated heterocycles. The van der Waals surface area contributed by atoms with Gasteiger partial charge in [0.2, 0.25) is 0 Å². The Morgan fingerprint density at radius 2 is 1.75 bits per heavy atom. The zero-order valence-corrected chi connectivity index (χ0v) is 17.9. The van der Waals surface area contributed by atoms with E-state index < -0.39 is 5.91 Å². The van der Waals surface area contributed by atoms with Crippen LogP contribution in [0, 0.1) is 0 Å². The number of nitrogens with two attached hydrogens (primary N) is 1. The van der Waals surface area contributed by atoms with Crippen LogP contribution < -0.4 is 10.5 Å². The summed E-state index contributed by atoms with van der Waals surface area (Å²) in [7, 11) is 0. The summed E-state index contributed by atoms with van der Waals surface area (Å²) in [6.07, 6.45) is 7.46. The van der Waals surface area contributed by atoms with Crippen LogP contribution in [0.25, 0.3) is 16.8 Å². The number of carbonyl (C=O) groups is 1. The number of rotatable bonds is 6. The van der Waals surface area contributed by atoms with Crippen LogP contribution in [0.4, 0.5) is 0 Å². The molecule has 1 aliphatic rings. The summed E-state index contributed by atoms with van der Waals surface area (Å²) in [5.41, 5.74) is 10.6. The molecule has 0 atom stereocenters. The average molecular weight is 427 g/mol. The first-order valence-corrected chi connectivity index (χ1v) is 11.2. The summed E-state index contributed by atoms with van der Waals surface area (Å²) in [5.74, 6) is 0.562. The minimum Gasteiger partial charge on any atom is -0.489 e. The lowest BCUT2D eigenvalue weighted by molar-refractivity contribution is 0.0996. The van der Waals surface area contributed by atoms with Gasteiger partial charge in [-0.15, -0.1) is 0 Å². The van der Waals surface area contributed by atoms with Crippen molar-refractivity contribution in [3.05, 3.63) is 83.8 Å². The quantitative estimate of drug-likeness (QED) is 0.464. The second-order valence-electron chi connectivity index (χ2n) is 8.32. The van der Waals surface area contributed by atoms with E-state index in [-0.39, 0.29) is 0 Å². The number of hydrogen-bond donors (Lipinski definition) is 1. The van der Waals surface area contributed by atoms with Crippen molar-refractivity contribution in [1.29, 1.82) is 0 Å². The van der Waals surface area contributed by atoms with Crippen molar-refractivity contribution >= 4 is 11.6 Å². The summed E-state index contributed by atoms with van der Waals surface area (Å²) >= 11 is 0. The Morgan fingerprint density at radius 3 is 2.47 bits per heavy atom. The smallest absolute Gasteiger partial charge is 0.268 e. The van der Waals surface area contributed by atoms with Gasteiger partial charge in [-0.1, -0.05) is 61.7 Å². The molecule has 1 amide bonds. The van der Waals surface area contributed by atoms with Gasteiger partial charge in [0.1, 0.15) is 18.1 Å². The van der Waals surface area contributed by atoms with Gasteiger partial charge in [-0.2, -0.15) is 5.10 Å². The normalized spacial score (nSPS) is 14.5. The van der Waals surface area contributed by atoms with Gasteiger partial charge in [0.25, 0.3) is 5.91 Å². The van der Waals surface area contributed by atoms with Gasteiger partial charge in [0.15, 0.2) is 5.65 Å². The van der Waals surface area contributed by atoms with Crippen LogP contribution in [-0.4, -0.2) is 20.5 Å². The van der Waals surface area contributed by atoms with E-state index in [4.69, 9.17) is 10.5 Å². The lowest BCUT2D eigenvalue weighted by atomic mass is 9.83. The Labute approximate surface area is 187 Å². The third kappa shape index (κ3) is 3.96. The molecule has 32 heavy (non-hydrogen) atoms. The fourth-order valence-electron chi connectivity index (χ4n) is 4.64. The lowest BCUT2D eigenvalue weighted by Gasteiger charge is -2.26. The van der Waals surface area contributed by atoms with Crippen molar-refractivity contribution in [3.63, 3.8) is 0 Å². The van der Waals surface area contributed by atoms with Crippen molar-refractivity contribution in [2.24, 2.45) is 5.73 Å². The van der Waals surface area contributed by atoms with Crippen LogP contribution in [0.2, 0.25) is 0 Å². The van der Waals surface area contributed by atoms with E-state index in [0.717, 1.165) is 41.0 Å². The fraction of sp³-hybridized carbons (Fsp3) is 0.269. The number of amides is 1. The highest BCUT2D eigenvalue weighted by molar-refractivity contribution is 5.99. The minimum absolute atomic E-state index is 0.302. The van der Waals surface area contributed by atoms with Gasteiger partial charge >= 0.3 is 0 Å². The van der Waals surface area contributed by atoms with Crippen LogP contribution in [-0.2, 0) is 6.61 Å². The third-order valence-corrected chi connectivity index (χ3v) is 6.19. The van der Waals surface area contributed by atoms with Gasteiger partial charge < -0.3 is 10.5 Å². The number of primary amides is 1. The summed E-state index contributed by atoms with van der Waals surface area (Å²) in [4.78, 5) is 17.0. The minimum atomic E-state index is -0.523. The van der Waals surface area contributed by atoms with Crippen LogP contribution in [0.3, 0.4) is 0 Å². The first-order valence-electron chi connectivity index (χ1n) is 11.2. The van der Waals surface area contributed by atoms with Crippen LogP contribution in [0.5, 0.6) is 5.75 Å². The predicted molar refractivity (Wildman–Crippen MR) is 124 cm³/mol. The molecule has 6 nitrogen and oxygen atoms in total. The highest BCUT2D eigenvalue weighted by atomic mass is 16.5. The number of hydrogen-bond acceptors (Lipinski definition) is 4. The molecule has 4 aromatic rings. The van der Waals surface area contributed by atoms with E-state index in [9.17, 15) is 4.79 Å².